The number of nitrogens with one attached hydrogen (secondary N) is 1. The van der Waals surface area contributed by atoms with Gasteiger partial charge < -0.3 is 15.1 Å². The Labute approximate surface area is 148 Å². The van der Waals surface area contributed by atoms with Gasteiger partial charge in [-0.3, -0.25) is 0 Å². The van der Waals surface area contributed by atoms with E-state index in [1.165, 1.54) is 11.1 Å². The van der Waals surface area contributed by atoms with Crippen LogP contribution < -0.4 is 15.1 Å². The zero-order valence-corrected chi connectivity index (χ0v) is 14.4. The van der Waals surface area contributed by atoms with Gasteiger partial charge in [-0.1, -0.05) is 12.1 Å². The lowest BCUT2D eigenvalue weighted by Gasteiger charge is -2.30. The zero-order chi connectivity index (χ0) is 17.1. The van der Waals surface area contributed by atoms with E-state index in [9.17, 15) is 0 Å². The predicted molar refractivity (Wildman–Crippen MR) is 100 cm³/mol. The van der Waals surface area contributed by atoms with Crippen LogP contribution in [-0.2, 0) is 12.8 Å². The van der Waals surface area contributed by atoms with Gasteiger partial charge in [0.1, 0.15) is 11.6 Å². The van der Waals surface area contributed by atoms with Crippen LogP contribution in [0.3, 0.4) is 0 Å². The summed E-state index contributed by atoms with van der Waals surface area (Å²) in [4.78, 5) is 9.66. The van der Waals surface area contributed by atoms with Gasteiger partial charge in [0.15, 0.2) is 0 Å². The summed E-state index contributed by atoms with van der Waals surface area (Å²) in [6.45, 7) is 5.98. The van der Waals surface area contributed by atoms with Crippen LogP contribution in [0.2, 0.25) is 0 Å². The van der Waals surface area contributed by atoms with Gasteiger partial charge in [-0.05, 0) is 48.2 Å². The van der Waals surface area contributed by atoms with E-state index in [0.717, 1.165) is 69.3 Å². The smallest absolute Gasteiger partial charge is 0.131 e. The maximum absolute atomic E-state index is 9.11. The molecule has 0 saturated carbocycles. The van der Waals surface area contributed by atoms with Crippen molar-refractivity contribution in [3.05, 3.63) is 53.1 Å². The number of anilines is 2. The highest BCUT2D eigenvalue weighted by Crippen LogP contribution is 2.23. The molecule has 1 aromatic carbocycles. The molecule has 1 saturated heterocycles. The molecule has 2 aromatic rings. The fraction of sp³-hybridized carbons (Fsp3) is 0.400. The van der Waals surface area contributed by atoms with Crippen molar-refractivity contribution < 1.29 is 0 Å². The van der Waals surface area contributed by atoms with Crippen LogP contribution in [0.25, 0.3) is 0 Å². The summed E-state index contributed by atoms with van der Waals surface area (Å²) >= 11 is 0. The molecule has 1 fully saturated rings. The highest BCUT2D eigenvalue weighted by Gasteiger charge is 2.17. The summed E-state index contributed by atoms with van der Waals surface area (Å²) in [5.41, 5.74) is 3.42. The van der Waals surface area contributed by atoms with E-state index in [2.05, 4.69) is 45.5 Å². The molecule has 5 nitrogen and oxygen atoms in total. The SMILES string of the molecule is N#Cc1ccc2c(c1)CCN(c1cccc(N3CCNCC3)n1)CC2. The molecule has 2 aliphatic heterocycles. The van der Waals surface area contributed by atoms with E-state index >= 15 is 0 Å². The average Bonchev–Trinajstić information content (AvgIpc) is 2.91. The van der Waals surface area contributed by atoms with Gasteiger partial charge in [-0.15, -0.1) is 0 Å². The summed E-state index contributed by atoms with van der Waals surface area (Å²) in [6, 6.07) is 14.7. The first-order valence-electron chi connectivity index (χ1n) is 9.03. The average molecular weight is 333 g/mol. The lowest BCUT2D eigenvalue weighted by atomic mass is 10.0. The third kappa shape index (κ3) is 3.45. The van der Waals surface area contributed by atoms with Crippen LogP contribution in [0.1, 0.15) is 16.7 Å². The number of nitriles is 1. The van der Waals surface area contributed by atoms with Gasteiger partial charge in [0, 0.05) is 39.3 Å². The number of benzene rings is 1. The Morgan fingerprint density at radius 1 is 0.880 bits per heavy atom. The molecule has 5 heteroatoms. The summed E-state index contributed by atoms with van der Waals surface area (Å²) < 4.78 is 0. The molecule has 4 rings (SSSR count). The molecule has 1 aromatic heterocycles. The summed E-state index contributed by atoms with van der Waals surface area (Å²) in [6.07, 6.45) is 1.96. The first-order chi connectivity index (χ1) is 12.3. The molecular formula is C20H23N5. The lowest BCUT2D eigenvalue weighted by molar-refractivity contribution is 0.584. The number of pyridine rings is 1. The third-order valence-corrected chi connectivity index (χ3v) is 5.12. The Morgan fingerprint density at radius 2 is 1.56 bits per heavy atom. The molecule has 0 atom stereocenters. The molecule has 0 aliphatic carbocycles. The van der Waals surface area contributed by atoms with Crippen molar-refractivity contribution in [1.29, 1.82) is 5.26 Å². The highest BCUT2D eigenvalue weighted by molar-refractivity contribution is 5.50. The fourth-order valence-electron chi connectivity index (χ4n) is 3.68. The van der Waals surface area contributed by atoms with Gasteiger partial charge in [-0.2, -0.15) is 5.26 Å². The van der Waals surface area contributed by atoms with Crippen molar-refractivity contribution in [1.82, 2.24) is 10.3 Å². The number of rotatable bonds is 2. The molecule has 1 N–H and O–H groups in total. The molecule has 2 aliphatic rings. The molecule has 0 spiro atoms. The molecule has 25 heavy (non-hydrogen) atoms. The summed E-state index contributed by atoms with van der Waals surface area (Å²) in [5.74, 6) is 2.14. The number of hydrogen-bond acceptors (Lipinski definition) is 5. The van der Waals surface area contributed by atoms with Crippen molar-refractivity contribution in [3.63, 3.8) is 0 Å². The number of nitrogens with zero attached hydrogens (tertiary/aromatic N) is 4. The number of piperazine rings is 1. The Hall–Kier alpha value is -2.58. The lowest BCUT2D eigenvalue weighted by Crippen LogP contribution is -2.44. The zero-order valence-electron chi connectivity index (χ0n) is 14.4. The third-order valence-electron chi connectivity index (χ3n) is 5.12. The second-order valence-electron chi connectivity index (χ2n) is 6.67. The Kier molecular flexibility index (Phi) is 4.53. The van der Waals surface area contributed by atoms with Gasteiger partial charge in [-0.25, -0.2) is 4.98 Å². The van der Waals surface area contributed by atoms with Crippen LogP contribution in [0.15, 0.2) is 36.4 Å². The maximum Gasteiger partial charge on any atom is 0.131 e. The Morgan fingerprint density at radius 3 is 2.28 bits per heavy atom. The van der Waals surface area contributed by atoms with Gasteiger partial charge in [0.2, 0.25) is 0 Å². The molecule has 128 valence electrons. The largest absolute Gasteiger partial charge is 0.356 e. The van der Waals surface area contributed by atoms with E-state index < -0.39 is 0 Å². The number of fused-ring (bicyclic) bond motifs is 1. The molecular weight excluding hydrogens is 310 g/mol. The molecule has 0 radical (unpaired) electrons. The minimum Gasteiger partial charge on any atom is -0.356 e. The minimum atomic E-state index is 0.756. The van der Waals surface area contributed by atoms with E-state index in [4.69, 9.17) is 10.2 Å². The Balaban J connectivity index is 1.52. The first kappa shape index (κ1) is 15.9. The number of aromatic nitrogens is 1. The first-order valence-corrected chi connectivity index (χ1v) is 9.03. The van der Waals surface area contributed by atoms with Gasteiger partial charge in [0.05, 0.1) is 11.6 Å². The normalized spacial score (nSPS) is 17.6. The summed E-state index contributed by atoms with van der Waals surface area (Å²) in [7, 11) is 0. The van der Waals surface area contributed by atoms with E-state index in [0.29, 0.717) is 0 Å². The van der Waals surface area contributed by atoms with Crippen LogP contribution in [0.5, 0.6) is 0 Å². The Bertz CT molecular complexity index is 789. The topological polar surface area (TPSA) is 55.2 Å². The molecule has 0 amide bonds. The van der Waals surface area contributed by atoms with E-state index in [-0.39, 0.29) is 0 Å². The van der Waals surface area contributed by atoms with Crippen molar-refractivity contribution in [2.24, 2.45) is 0 Å². The molecule has 3 heterocycles. The van der Waals surface area contributed by atoms with Crippen molar-refractivity contribution >= 4 is 11.6 Å². The highest BCUT2D eigenvalue weighted by atomic mass is 15.3. The van der Waals surface area contributed by atoms with Crippen LogP contribution in [-0.4, -0.2) is 44.3 Å². The van der Waals surface area contributed by atoms with Crippen LogP contribution in [0.4, 0.5) is 11.6 Å². The summed E-state index contributed by atoms with van der Waals surface area (Å²) in [5, 5.41) is 12.5. The van der Waals surface area contributed by atoms with Crippen LogP contribution in [0, 0.1) is 11.3 Å². The second kappa shape index (κ2) is 7.12. The predicted octanol–water partition coefficient (Wildman–Crippen LogP) is 1.97. The second-order valence-corrected chi connectivity index (χ2v) is 6.67. The number of hydrogen-bond donors (Lipinski definition) is 1. The molecule has 0 bridgehead atoms. The van der Waals surface area contributed by atoms with Crippen molar-refractivity contribution in [2.75, 3.05) is 49.1 Å². The molecule has 0 unspecified atom stereocenters. The maximum atomic E-state index is 9.11. The standard InChI is InChI=1S/C20H23N5/c21-15-16-4-5-17-6-10-24(11-7-18(17)14-16)19-2-1-3-20(23-19)25-12-8-22-9-13-25/h1-5,14,22H,6-13H2. The quantitative estimate of drug-likeness (QED) is 0.911. The fourth-order valence-corrected chi connectivity index (χ4v) is 3.68. The van der Waals surface area contributed by atoms with Crippen molar-refractivity contribution in [2.45, 2.75) is 12.8 Å². The van der Waals surface area contributed by atoms with E-state index in [1.807, 2.05) is 12.1 Å². The van der Waals surface area contributed by atoms with Gasteiger partial charge in [0.25, 0.3) is 0 Å². The minimum absolute atomic E-state index is 0.756. The van der Waals surface area contributed by atoms with Crippen molar-refractivity contribution in [3.8, 4) is 6.07 Å². The monoisotopic (exact) mass is 333 g/mol. The van der Waals surface area contributed by atoms with Gasteiger partial charge >= 0.3 is 0 Å². The van der Waals surface area contributed by atoms with E-state index in [1.54, 1.807) is 0 Å². The van der Waals surface area contributed by atoms with Crippen LogP contribution >= 0.6 is 0 Å².